The molecule has 0 fully saturated rings. The quantitative estimate of drug-likeness (QED) is 0.243. The number of thiazole rings is 1. The van der Waals surface area contributed by atoms with Gasteiger partial charge in [0.25, 0.3) is 5.91 Å². The van der Waals surface area contributed by atoms with Crippen molar-refractivity contribution in [2.45, 2.75) is 6.04 Å². The number of ketones is 1. The molecule has 1 N–H and O–H groups in total. The fourth-order valence-electron chi connectivity index (χ4n) is 4.56. The van der Waals surface area contributed by atoms with E-state index in [9.17, 15) is 14.7 Å². The molecule has 3 heterocycles. The van der Waals surface area contributed by atoms with Crippen molar-refractivity contribution >= 4 is 60.9 Å². The van der Waals surface area contributed by atoms with E-state index in [4.69, 9.17) is 25.5 Å². The number of fused-ring (bicyclic) bond motifs is 2. The van der Waals surface area contributed by atoms with Crippen molar-refractivity contribution in [3.05, 3.63) is 94.4 Å². The van der Waals surface area contributed by atoms with Crippen LogP contribution >= 0.6 is 22.9 Å². The largest absolute Gasteiger partial charge is 0.503 e. The van der Waals surface area contributed by atoms with Gasteiger partial charge in [-0.25, -0.2) is 4.98 Å². The Morgan fingerprint density at radius 1 is 1.08 bits per heavy atom. The maximum absolute atomic E-state index is 13.9. The van der Waals surface area contributed by atoms with Crippen LogP contribution in [0, 0.1) is 0 Å². The second-order valence-electron chi connectivity index (χ2n) is 8.54. The van der Waals surface area contributed by atoms with Crippen molar-refractivity contribution < 1.29 is 28.6 Å². The molecule has 1 unspecified atom stereocenters. The predicted molar refractivity (Wildman–Crippen MR) is 145 cm³/mol. The molecule has 0 spiro atoms. The Bertz CT molecular complexity index is 1770. The number of amides is 1. The number of carbonyl (C=O) groups excluding carboxylic acids is 2. The highest BCUT2D eigenvalue weighted by Crippen LogP contribution is 2.45. The lowest BCUT2D eigenvalue weighted by Gasteiger charge is -2.24. The molecule has 0 saturated heterocycles. The Hall–Kier alpha value is -4.34. The van der Waals surface area contributed by atoms with Crippen molar-refractivity contribution in [3.63, 3.8) is 0 Å². The van der Waals surface area contributed by atoms with Gasteiger partial charge in [0.1, 0.15) is 5.75 Å². The van der Waals surface area contributed by atoms with Gasteiger partial charge < -0.3 is 19.0 Å². The van der Waals surface area contributed by atoms with Crippen molar-refractivity contribution in [2.24, 2.45) is 0 Å². The van der Waals surface area contributed by atoms with Crippen LogP contribution in [0.25, 0.3) is 21.2 Å². The van der Waals surface area contributed by atoms with Gasteiger partial charge in [-0.15, -0.1) is 0 Å². The Morgan fingerprint density at radius 2 is 1.87 bits per heavy atom. The number of hydrogen-bond acceptors (Lipinski definition) is 8. The van der Waals surface area contributed by atoms with Crippen LogP contribution in [0.1, 0.15) is 22.2 Å². The van der Waals surface area contributed by atoms with Gasteiger partial charge in [0.05, 0.1) is 36.1 Å². The van der Waals surface area contributed by atoms with Crippen LogP contribution in [0.4, 0.5) is 5.13 Å². The zero-order valence-corrected chi connectivity index (χ0v) is 21.7. The highest BCUT2D eigenvalue weighted by Gasteiger charge is 2.46. The van der Waals surface area contributed by atoms with E-state index in [0.29, 0.717) is 43.7 Å². The van der Waals surface area contributed by atoms with Crippen LogP contribution in [0.15, 0.2) is 82.5 Å². The first-order valence-electron chi connectivity index (χ1n) is 11.5. The van der Waals surface area contributed by atoms with Crippen LogP contribution in [0.3, 0.4) is 0 Å². The molecule has 1 aliphatic rings. The standard InChI is InChI=1S/C28H19ClN2O6S/c1-35-17-10-11-18-21(13-17)38-28(30-18)31-23(14-6-8-16(29)9-7-14)22(25(33)27(31)34)24(32)20-12-15-4-3-5-19(36-2)26(15)37-20/h3-13,23,33H,1-2H3. The fourth-order valence-corrected chi connectivity index (χ4v) is 5.71. The normalized spacial score (nSPS) is 15.6. The summed E-state index contributed by atoms with van der Waals surface area (Å²) in [4.78, 5) is 33.3. The molecule has 0 radical (unpaired) electrons. The zero-order chi connectivity index (χ0) is 26.6. The summed E-state index contributed by atoms with van der Waals surface area (Å²) in [7, 11) is 3.07. The second-order valence-corrected chi connectivity index (χ2v) is 9.99. The number of para-hydroxylation sites is 1. The number of methoxy groups -OCH3 is 2. The third-order valence-corrected chi connectivity index (χ3v) is 7.65. The van der Waals surface area contributed by atoms with E-state index in [0.717, 1.165) is 4.70 Å². The lowest BCUT2D eigenvalue weighted by Crippen LogP contribution is -2.30. The Kier molecular flexibility index (Phi) is 5.81. The van der Waals surface area contributed by atoms with E-state index >= 15 is 0 Å². The number of benzene rings is 3. The fraction of sp³-hybridized carbons (Fsp3) is 0.107. The molecule has 3 aromatic carbocycles. The molecule has 0 aliphatic carbocycles. The van der Waals surface area contributed by atoms with Crippen LogP contribution in [0.2, 0.25) is 5.02 Å². The molecule has 0 bridgehead atoms. The van der Waals surface area contributed by atoms with Gasteiger partial charge in [-0.3, -0.25) is 14.5 Å². The number of aromatic nitrogens is 1. The highest BCUT2D eigenvalue weighted by atomic mass is 35.5. The summed E-state index contributed by atoms with van der Waals surface area (Å²) in [5.41, 5.74) is 1.49. The number of aliphatic hydroxyl groups is 1. The SMILES string of the molecule is COc1ccc2nc(N3C(=O)C(O)=C(C(=O)c4cc5cccc(OC)c5o4)C3c3ccc(Cl)cc3)sc2c1. The van der Waals surface area contributed by atoms with Gasteiger partial charge in [0.2, 0.25) is 5.78 Å². The number of nitrogens with zero attached hydrogens (tertiary/aromatic N) is 2. The molecule has 1 atom stereocenters. The van der Waals surface area contributed by atoms with Crippen LogP contribution in [-0.2, 0) is 4.79 Å². The van der Waals surface area contributed by atoms with E-state index in [2.05, 4.69) is 4.98 Å². The minimum Gasteiger partial charge on any atom is -0.503 e. The minimum absolute atomic E-state index is 0.0336. The predicted octanol–water partition coefficient (Wildman–Crippen LogP) is 6.50. The maximum Gasteiger partial charge on any atom is 0.296 e. The van der Waals surface area contributed by atoms with Crippen molar-refractivity contribution in [1.29, 1.82) is 0 Å². The summed E-state index contributed by atoms with van der Waals surface area (Å²) < 4.78 is 17.3. The van der Waals surface area contributed by atoms with Gasteiger partial charge in [-0.1, -0.05) is 47.2 Å². The Balaban J connectivity index is 1.50. The topological polar surface area (TPSA) is 102 Å². The first-order valence-corrected chi connectivity index (χ1v) is 12.7. The van der Waals surface area contributed by atoms with E-state index in [1.54, 1.807) is 67.8 Å². The third kappa shape index (κ3) is 3.79. The zero-order valence-electron chi connectivity index (χ0n) is 20.1. The number of hydrogen-bond donors (Lipinski definition) is 1. The number of Topliss-reactive ketones (excluding diaryl/α,β-unsaturated/α-hetero) is 1. The number of carbonyl (C=O) groups is 2. The average molecular weight is 547 g/mol. The first-order chi connectivity index (χ1) is 18.4. The van der Waals surface area contributed by atoms with Gasteiger partial charge >= 0.3 is 0 Å². The summed E-state index contributed by atoms with van der Waals surface area (Å²) in [6.45, 7) is 0. The molecule has 0 saturated carbocycles. The summed E-state index contributed by atoms with van der Waals surface area (Å²) in [6.07, 6.45) is 0. The van der Waals surface area contributed by atoms with E-state index in [1.807, 2.05) is 6.07 Å². The lowest BCUT2D eigenvalue weighted by molar-refractivity contribution is -0.117. The number of anilines is 1. The van der Waals surface area contributed by atoms with Gasteiger partial charge in [0, 0.05) is 10.4 Å². The summed E-state index contributed by atoms with van der Waals surface area (Å²) in [6, 6.07) is 18.0. The summed E-state index contributed by atoms with van der Waals surface area (Å²) >= 11 is 7.37. The molecule has 5 aromatic rings. The monoisotopic (exact) mass is 546 g/mol. The smallest absolute Gasteiger partial charge is 0.296 e. The molecule has 8 nitrogen and oxygen atoms in total. The number of halogens is 1. The maximum atomic E-state index is 13.9. The number of aliphatic hydroxyl groups excluding tert-OH is 1. The Labute approximate surface area is 225 Å². The lowest BCUT2D eigenvalue weighted by atomic mass is 9.95. The molecule has 1 amide bonds. The first kappa shape index (κ1) is 24.0. The van der Waals surface area contributed by atoms with Gasteiger partial charge in [-0.05, 0) is 48.0 Å². The van der Waals surface area contributed by atoms with E-state index in [1.165, 1.54) is 23.3 Å². The van der Waals surface area contributed by atoms with Gasteiger partial charge in [-0.2, -0.15) is 0 Å². The van der Waals surface area contributed by atoms with E-state index < -0.39 is 23.5 Å². The van der Waals surface area contributed by atoms with Gasteiger partial charge in [0.15, 0.2) is 28.0 Å². The summed E-state index contributed by atoms with van der Waals surface area (Å²) in [5, 5.41) is 12.5. The second kappa shape index (κ2) is 9.20. The Morgan fingerprint density at radius 3 is 2.61 bits per heavy atom. The third-order valence-electron chi connectivity index (χ3n) is 6.38. The molecule has 190 valence electrons. The van der Waals surface area contributed by atoms with Crippen LogP contribution in [0.5, 0.6) is 11.5 Å². The minimum atomic E-state index is -0.968. The number of ether oxygens (including phenoxy) is 2. The van der Waals surface area contributed by atoms with Crippen molar-refractivity contribution in [1.82, 2.24) is 4.98 Å². The van der Waals surface area contributed by atoms with Crippen molar-refractivity contribution in [3.8, 4) is 11.5 Å². The average Bonchev–Trinajstić information content (AvgIpc) is 3.62. The highest BCUT2D eigenvalue weighted by molar-refractivity contribution is 7.22. The molecule has 6 rings (SSSR count). The summed E-state index contributed by atoms with van der Waals surface area (Å²) in [5.74, 6) is -0.963. The number of furan rings is 1. The van der Waals surface area contributed by atoms with E-state index in [-0.39, 0.29) is 11.3 Å². The van der Waals surface area contributed by atoms with Crippen LogP contribution in [-0.4, -0.2) is 36.0 Å². The number of rotatable bonds is 6. The van der Waals surface area contributed by atoms with Crippen LogP contribution < -0.4 is 14.4 Å². The molecule has 38 heavy (non-hydrogen) atoms. The molecule has 10 heteroatoms. The molecular formula is C28H19ClN2O6S. The van der Waals surface area contributed by atoms with Crippen molar-refractivity contribution in [2.75, 3.05) is 19.1 Å². The molecule has 2 aromatic heterocycles. The molecular weight excluding hydrogens is 528 g/mol. The molecule has 1 aliphatic heterocycles.